The van der Waals surface area contributed by atoms with Crippen LogP contribution in [0.2, 0.25) is 0 Å². The maximum Gasteiger partial charge on any atom is 0.416 e. The van der Waals surface area contributed by atoms with Gasteiger partial charge in [0.05, 0.1) is 5.56 Å². The first-order chi connectivity index (χ1) is 16.2. The van der Waals surface area contributed by atoms with Crippen LogP contribution in [0.3, 0.4) is 0 Å². The summed E-state index contributed by atoms with van der Waals surface area (Å²) in [5.41, 5.74) is 1.29. The maximum atomic E-state index is 13.1. The number of hydrogen-bond acceptors (Lipinski definition) is 3. The highest BCUT2D eigenvalue weighted by atomic mass is 19.4. The second kappa shape index (κ2) is 9.59. The Balaban J connectivity index is 1.60. The highest BCUT2D eigenvalue weighted by Gasteiger charge is 2.32. The molecule has 3 aromatic rings. The molecule has 0 radical (unpaired) electrons. The lowest BCUT2D eigenvalue weighted by atomic mass is 10.1. The van der Waals surface area contributed by atoms with E-state index in [2.05, 4.69) is 5.32 Å². The second-order valence-electron chi connectivity index (χ2n) is 8.05. The van der Waals surface area contributed by atoms with Crippen molar-refractivity contribution >= 4 is 17.5 Å². The highest BCUT2D eigenvalue weighted by molar-refractivity contribution is 6.04. The minimum Gasteiger partial charge on any atom is -0.480 e. The third-order valence-corrected chi connectivity index (χ3v) is 5.57. The van der Waals surface area contributed by atoms with Crippen molar-refractivity contribution in [2.45, 2.75) is 38.7 Å². The standard InChI is InChI=1S/C26H23F3N2O3/c1-2-22-25(33)31(15-17-7-6-10-20(13-17)26(27,28)29)16-19-14-21(11-12-23(19)34-22)30-24(32)18-8-4-3-5-9-18/h3-14,22H,2,15-16H2,1H3,(H,30,32). The Hall–Kier alpha value is -3.81. The van der Waals surface area contributed by atoms with E-state index >= 15 is 0 Å². The lowest BCUT2D eigenvalue weighted by Crippen LogP contribution is -2.38. The van der Waals surface area contributed by atoms with Gasteiger partial charge in [-0.2, -0.15) is 13.2 Å². The van der Waals surface area contributed by atoms with Gasteiger partial charge in [0, 0.05) is 29.9 Å². The van der Waals surface area contributed by atoms with Crippen LogP contribution in [0, 0.1) is 0 Å². The van der Waals surface area contributed by atoms with E-state index in [1.54, 1.807) is 48.5 Å². The fourth-order valence-electron chi connectivity index (χ4n) is 3.84. The van der Waals surface area contributed by atoms with Crippen LogP contribution in [-0.4, -0.2) is 22.8 Å². The zero-order valence-electron chi connectivity index (χ0n) is 18.4. The number of hydrogen-bond donors (Lipinski definition) is 1. The molecule has 1 aliphatic rings. The van der Waals surface area contributed by atoms with E-state index in [0.717, 1.165) is 12.1 Å². The summed E-state index contributed by atoms with van der Waals surface area (Å²) in [5.74, 6) is -0.0751. The Morgan fingerprint density at radius 1 is 1.06 bits per heavy atom. The predicted molar refractivity (Wildman–Crippen MR) is 121 cm³/mol. The van der Waals surface area contributed by atoms with Crippen molar-refractivity contribution in [2.75, 3.05) is 5.32 Å². The predicted octanol–water partition coefficient (Wildman–Crippen LogP) is 5.66. The summed E-state index contributed by atoms with van der Waals surface area (Å²) in [6, 6.07) is 18.8. The molecular formula is C26H23F3N2O3. The molecule has 1 N–H and O–H groups in total. The van der Waals surface area contributed by atoms with Gasteiger partial charge in [-0.1, -0.05) is 37.3 Å². The Kier molecular flexibility index (Phi) is 6.58. The molecule has 176 valence electrons. The van der Waals surface area contributed by atoms with Crippen molar-refractivity contribution in [2.24, 2.45) is 0 Å². The molecule has 1 aliphatic heterocycles. The van der Waals surface area contributed by atoms with E-state index in [1.807, 2.05) is 13.0 Å². The van der Waals surface area contributed by atoms with Crippen LogP contribution in [-0.2, 0) is 24.1 Å². The van der Waals surface area contributed by atoms with Crippen LogP contribution in [0.25, 0.3) is 0 Å². The number of carbonyl (C=O) groups excluding carboxylic acids is 2. The lowest BCUT2D eigenvalue weighted by Gasteiger charge is -2.23. The molecule has 0 bridgehead atoms. The number of nitrogens with one attached hydrogen (secondary N) is 1. The monoisotopic (exact) mass is 468 g/mol. The van der Waals surface area contributed by atoms with Gasteiger partial charge in [0.15, 0.2) is 6.10 Å². The van der Waals surface area contributed by atoms with E-state index in [4.69, 9.17) is 4.74 Å². The van der Waals surface area contributed by atoms with Gasteiger partial charge in [0.2, 0.25) is 0 Å². The van der Waals surface area contributed by atoms with Crippen LogP contribution >= 0.6 is 0 Å². The average Bonchev–Trinajstić information content (AvgIpc) is 2.95. The quantitative estimate of drug-likeness (QED) is 0.526. The van der Waals surface area contributed by atoms with E-state index in [9.17, 15) is 22.8 Å². The van der Waals surface area contributed by atoms with Gasteiger partial charge >= 0.3 is 6.18 Å². The molecular weight excluding hydrogens is 445 g/mol. The molecule has 0 saturated heterocycles. The molecule has 34 heavy (non-hydrogen) atoms. The first kappa shape index (κ1) is 23.4. The summed E-state index contributed by atoms with van der Waals surface area (Å²) in [7, 11) is 0. The van der Waals surface area contributed by atoms with E-state index in [0.29, 0.717) is 34.5 Å². The zero-order valence-corrected chi connectivity index (χ0v) is 18.4. The Bertz CT molecular complexity index is 1200. The van der Waals surface area contributed by atoms with Gasteiger partial charge in [0.25, 0.3) is 11.8 Å². The van der Waals surface area contributed by atoms with Crippen molar-refractivity contribution in [3.8, 4) is 5.75 Å². The molecule has 3 aromatic carbocycles. The molecule has 1 unspecified atom stereocenters. The van der Waals surface area contributed by atoms with Gasteiger partial charge in [-0.3, -0.25) is 9.59 Å². The summed E-state index contributed by atoms with van der Waals surface area (Å²) in [6.07, 6.45) is -4.81. The maximum absolute atomic E-state index is 13.1. The smallest absolute Gasteiger partial charge is 0.416 e. The number of anilines is 1. The molecule has 0 saturated carbocycles. The Morgan fingerprint density at radius 2 is 1.82 bits per heavy atom. The molecule has 0 aliphatic carbocycles. The molecule has 0 aromatic heterocycles. The summed E-state index contributed by atoms with van der Waals surface area (Å²) in [6.45, 7) is 1.95. The van der Waals surface area contributed by atoms with Crippen molar-refractivity contribution < 1.29 is 27.5 Å². The van der Waals surface area contributed by atoms with Crippen LogP contribution in [0.1, 0.15) is 40.4 Å². The summed E-state index contributed by atoms with van der Waals surface area (Å²) >= 11 is 0. The molecule has 1 atom stereocenters. The molecule has 5 nitrogen and oxygen atoms in total. The molecule has 8 heteroatoms. The van der Waals surface area contributed by atoms with Crippen LogP contribution < -0.4 is 10.1 Å². The average molecular weight is 468 g/mol. The second-order valence-corrected chi connectivity index (χ2v) is 8.05. The molecule has 0 spiro atoms. The van der Waals surface area contributed by atoms with Crippen molar-refractivity contribution in [1.82, 2.24) is 4.90 Å². The molecule has 1 heterocycles. The number of rotatable bonds is 5. The normalized spacial score (nSPS) is 15.8. The van der Waals surface area contributed by atoms with Crippen LogP contribution in [0.15, 0.2) is 72.8 Å². The first-order valence-corrected chi connectivity index (χ1v) is 10.9. The van der Waals surface area contributed by atoms with Crippen molar-refractivity contribution in [3.05, 3.63) is 95.1 Å². The van der Waals surface area contributed by atoms with Crippen molar-refractivity contribution in [1.29, 1.82) is 0 Å². The van der Waals surface area contributed by atoms with Gasteiger partial charge < -0.3 is 15.0 Å². The fraction of sp³-hybridized carbons (Fsp3) is 0.231. The number of halogens is 3. The Labute approximate surface area is 195 Å². The summed E-state index contributed by atoms with van der Waals surface area (Å²) < 4.78 is 45.3. The lowest BCUT2D eigenvalue weighted by molar-refractivity contribution is -0.139. The van der Waals surface area contributed by atoms with Gasteiger partial charge in [-0.15, -0.1) is 0 Å². The van der Waals surface area contributed by atoms with E-state index in [-0.39, 0.29) is 24.9 Å². The van der Waals surface area contributed by atoms with Crippen LogP contribution in [0.4, 0.5) is 18.9 Å². The van der Waals surface area contributed by atoms with Gasteiger partial charge in [0.1, 0.15) is 5.75 Å². The minimum absolute atomic E-state index is 0.00263. The summed E-state index contributed by atoms with van der Waals surface area (Å²) in [5, 5.41) is 2.83. The fourth-order valence-corrected chi connectivity index (χ4v) is 3.84. The SMILES string of the molecule is CCC1Oc2ccc(NC(=O)c3ccccc3)cc2CN(Cc2cccc(C(F)(F)F)c2)C1=O. The van der Waals surface area contributed by atoms with Gasteiger partial charge in [-0.05, 0) is 54.4 Å². The molecule has 2 amide bonds. The highest BCUT2D eigenvalue weighted by Crippen LogP contribution is 2.32. The largest absolute Gasteiger partial charge is 0.480 e. The zero-order chi connectivity index (χ0) is 24.3. The number of alkyl halides is 3. The molecule has 4 rings (SSSR count). The third-order valence-electron chi connectivity index (χ3n) is 5.57. The van der Waals surface area contributed by atoms with Crippen molar-refractivity contribution in [3.63, 3.8) is 0 Å². The Morgan fingerprint density at radius 3 is 2.53 bits per heavy atom. The van der Waals surface area contributed by atoms with Gasteiger partial charge in [-0.25, -0.2) is 0 Å². The van der Waals surface area contributed by atoms with E-state index in [1.165, 1.54) is 11.0 Å². The number of ether oxygens (including phenoxy) is 1. The summed E-state index contributed by atoms with van der Waals surface area (Å²) in [4.78, 5) is 27.1. The minimum atomic E-state index is -4.47. The van der Waals surface area contributed by atoms with Crippen LogP contribution in [0.5, 0.6) is 5.75 Å². The first-order valence-electron chi connectivity index (χ1n) is 10.9. The van der Waals surface area contributed by atoms with E-state index < -0.39 is 17.8 Å². The number of amides is 2. The third kappa shape index (κ3) is 5.22. The number of carbonyl (C=O) groups is 2. The number of nitrogens with zero attached hydrogens (tertiary/aromatic N) is 1. The number of fused-ring (bicyclic) bond motifs is 1. The molecule has 0 fully saturated rings. The topological polar surface area (TPSA) is 58.6 Å². The number of benzene rings is 3.